The highest BCUT2D eigenvalue weighted by Crippen LogP contribution is 2.20. The van der Waals surface area contributed by atoms with E-state index < -0.39 is 0 Å². The Hall–Kier alpha value is -0.500. The van der Waals surface area contributed by atoms with Gasteiger partial charge in [0, 0.05) is 16.7 Å². The number of aryl methyl sites for hydroxylation is 1. The van der Waals surface area contributed by atoms with Crippen LogP contribution in [-0.2, 0) is 0 Å². The van der Waals surface area contributed by atoms with Crippen LogP contribution in [0.4, 0.5) is 5.69 Å². The van der Waals surface area contributed by atoms with Crippen molar-refractivity contribution in [3.8, 4) is 0 Å². The molecule has 0 radical (unpaired) electrons. The predicted molar refractivity (Wildman–Crippen MR) is 76.1 cm³/mol. The maximum atomic E-state index is 3.50. The monoisotopic (exact) mass is 283 g/mol. The highest BCUT2D eigenvalue weighted by molar-refractivity contribution is 9.10. The van der Waals surface area contributed by atoms with E-state index in [2.05, 4.69) is 53.3 Å². The zero-order chi connectivity index (χ0) is 11.8. The van der Waals surface area contributed by atoms with Gasteiger partial charge in [0.2, 0.25) is 0 Å². The number of hydrogen-bond donors (Lipinski definition) is 1. The van der Waals surface area contributed by atoms with Crippen LogP contribution in [0.3, 0.4) is 0 Å². The summed E-state index contributed by atoms with van der Waals surface area (Å²) in [5.74, 6) is 0. The van der Waals surface area contributed by atoms with Crippen molar-refractivity contribution in [3.63, 3.8) is 0 Å². The van der Waals surface area contributed by atoms with Crippen LogP contribution in [0.15, 0.2) is 22.7 Å². The maximum Gasteiger partial charge on any atom is 0.0370 e. The summed E-state index contributed by atoms with van der Waals surface area (Å²) in [6, 6.07) is 6.39. The maximum absolute atomic E-state index is 3.50. The largest absolute Gasteiger partial charge is 0.385 e. The molecule has 0 spiro atoms. The van der Waals surface area contributed by atoms with Gasteiger partial charge in [0.25, 0.3) is 0 Å². The Balaban J connectivity index is 2.21. The summed E-state index contributed by atoms with van der Waals surface area (Å²) in [5.41, 5.74) is 2.57. The molecule has 16 heavy (non-hydrogen) atoms. The van der Waals surface area contributed by atoms with Gasteiger partial charge in [-0.05, 0) is 37.1 Å². The van der Waals surface area contributed by atoms with Crippen LogP contribution in [0, 0.1) is 6.92 Å². The summed E-state index contributed by atoms with van der Waals surface area (Å²) in [6.45, 7) is 5.49. The van der Waals surface area contributed by atoms with Crippen molar-refractivity contribution in [3.05, 3.63) is 28.2 Å². The molecule has 1 aromatic rings. The molecule has 1 nitrogen and oxygen atoms in total. The lowest BCUT2D eigenvalue weighted by atomic mass is 10.1. The van der Waals surface area contributed by atoms with Crippen LogP contribution < -0.4 is 5.32 Å². The molecule has 1 aromatic carbocycles. The summed E-state index contributed by atoms with van der Waals surface area (Å²) in [6.07, 6.45) is 6.68. The van der Waals surface area contributed by atoms with E-state index in [1.54, 1.807) is 0 Å². The van der Waals surface area contributed by atoms with Gasteiger partial charge in [-0.15, -0.1) is 0 Å². The van der Waals surface area contributed by atoms with E-state index >= 15 is 0 Å². The van der Waals surface area contributed by atoms with E-state index in [1.807, 2.05) is 0 Å². The van der Waals surface area contributed by atoms with Crippen molar-refractivity contribution in [1.82, 2.24) is 0 Å². The minimum absolute atomic E-state index is 1.09. The Bertz CT molecular complexity index is 310. The van der Waals surface area contributed by atoms with Crippen molar-refractivity contribution in [1.29, 1.82) is 0 Å². The van der Waals surface area contributed by atoms with Gasteiger partial charge in [-0.3, -0.25) is 0 Å². The smallest absolute Gasteiger partial charge is 0.0370 e. The van der Waals surface area contributed by atoms with Crippen molar-refractivity contribution >= 4 is 21.6 Å². The van der Waals surface area contributed by atoms with Gasteiger partial charge in [-0.1, -0.05) is 48.5 Å². The molecule has 2 heteroatoms. The zero-order valence-electron chi connectivity index (χ0n) is 10.4. The van der Waals surface area contributed by atoms with Crippen molar-refractivity contribution in [2.24, 2.45) is 0 Å². The fourth-order valence-corrected chi connectivity index (χ4v) is 2.25. The molecule has 0 aromatic heterocycles. The molecule has 0 bridgehead atoms. The molecule has 0 saturated heterocycles. The number of hydrogen-bond acceptors (Lipinski definition) is 1. The second-order valence-corrected chi connectivity index (χ2v) is 5.22. The van der Waals surface area contributed by atoms with Crippen molar-refractivity contribution in [2.75, 3.05) is 11.9 Å². The van der Waals surface area contributed by atoms with Gasteiger partial charge in [-0.2, -0.15) is 0 Å². The molecule has 0 aliphatic carbocycles. The van der Waals surface area contributed by atoms with E-state index in [0.717, 1.165) is 11.0 Å². The lowest BCUT2D eigenvalue weighted by Crippen LogP contribution is -2.02. The fraction of sp³-hybridized carbons (Fsp3) is 0.571. The molecule has 0 aliphatic heterocycles. The summed E-state index contributed by atoms with van der Waals surface area (Å²) in [4.78, 5) is 0. The molecule has 1 rings (SSSR count). The molecule has 0 aliphatic rings. The quantitative estimate of drug-likeness (QED) is 0.683. The second kappa shape index (κ2) is 7.72. The van der Waals surface area contributed by atoms with Crippen molar-refractivity contribution < 1.29 is 0 Å². The first kappa shape index (κ1) is 13.6. The standard InChI is InChI=1S/C14H22BrN/c1-3-4-5-6-7-10-16-14-9-8-13(15)11-12(14)2/h8-9,11,16H,3-7,10H2,1-2H3. The van der Waals surface area contributed by atoms with Crippen LogP contribution in [0.2, 0.25) is 0 Å². The van der Waals surface area contributed by atoms with E-state index in [4.69, 9.17) is 0 Å². The Kier molecular flexibility index (Phi) is 6.55. The van der Waals surface area contributed by atoms with Gasteiger partial charge >= 0.3 is 0 Å². The summed E-state index contributed by atoms with van der Waals surface area (Å²) < 4.78 is 1.15. The average molecular weight is 284 g/mol. The van der Waals surface area contributed by atoms with Gasteiger partial charge in [0.1, 0.15) is 0 Å². The first-order valence-electron chi connectivity index (χ1n) is 6.24. The molecular formula is C14H22BrN. The lowest BCUT2D eigenvalue weighted by Gasteiger charge is -2.09. The third-order valence-electron chi connectivity index (χ3n) is 2.78. The highest BCUT2D eigenvalue weighted by atomic mass is 79.9. The number of benzene rings is 1. The predicted octanol–water partition coefficient (Wildman–Crippen LogP) is 5.14. The number of anilines is 1. The highest BCUT2D eigenvalue weighted by Gasteiger charge is 1.97. The van der Waals surface area contributed by atoms with Gasteiger partial charge in [-0.25, -0.2) is 0 Å². The SMILES string of the molecule is CCCCCCCNc1ccc(Br)cc1C. The van der Waals surface area contributed by atoms with E-state index in [-0.39, 0.29) is 0 Å². The van der Waals surface area contributed by atoms with E-state index in [0.29, 0.717) is 0 Å². The van der Waals surface area contributed by atoms with Crippen LogP contribution >= 0.6 is 15.9 Å². The average Bonchev–Trinajstić information content (AvgIpc) is 2.26. The molecule has 1 N–H and O–H groups in total. The third kappa shape index (κ3) is 5.02. The van der Waals surface area contributed by atoms with Gasteiger partial charge in [0.05, 0.1) is 0 Å². The molecule has 0 atom stereocenters. The minimum atomic E-state index is 1.09. The first-order valence-corrected chi connectivity index (χ1v) is 7.03. The summed E-state index contributed by atoms with van der Waals surface area (Å²) in [5, 5.41) is 3.50. The molecule has 0 fully saturated rings. The van der Waals surface area contributed by atoms with Gasteiger partial charge in [0.15, 0.2) is 0 Å². The Morgan fingerprint density at radius 2 is 1.88 bits per heavy atom. The van der Waals surface area contributed by atoms with Crippen LogP contribution in [0.1, 0.15) is 44.6 Å². The first-order chi connectivity index (χ1) is 7.74. The lowest BCUT2D eigenvalue weighted by molar-refractivity contribution is 0.645. The van der Waals surface area contributed by atoms with E-state index in [9.17, 15) is 0 Å². The minimum Gasteiger partial charge on any atom is -0.385 e. The van der Waals surface area contributed by atoms with Crippen LogP contribution in [-0.4, -0.2) is 6.54 Å². The number of unbranched alkanes of at least 4 members (excludes halogenated alkanes) is 4. The molecular weight excluding hydrogens is 262 g/mol. The molecule has 0 amide bonds. The van der Waals surface area contributed by atoms with E-state index in [1.165, 1.54) is 43.4 Å². The Morgan fingerprint density at radius 1 is 1.12 bits per heavy atom. The topological polar surface area (TPSA) is 12.0 Å². The Labute approximate surface area is 108 Å². The van der Waals surface area contributed by atoms with Crippen LogP contribution in [0.25, 0.3) is 0 Å². The molecule has 90 valence electrons. The summed E-state index contributed by atoms with van der Waals surface area (Å²) in [7, 11) is 0. The fourth-order valence-electron chi connectivity index (χ4n) is 1.78. The Morgan fingerprint density at radius 3 is 2.56 bits per heavy atom. The normalized spacial score (nSPS) is 10.4. The zero-order valence-corrected chi connectivity index (χ0v) is 11.9. The van der Waals surface area contributed by atoms with Crippen LogP contribution in [0.5, 0.6) is 0 Å². The summed E-state index contributed by atoms with van der Waals surface area (Å²) >= 11 is 3.48. The molecule has 0 unspecified atom stereocenters. The number of nitrogens with one attached hydrogen (secondary N) is 1. The second-order valence-electron chi connectivity index (χ2n) is 4.30. The number of rotatable bonds is 7. The van der Waals surface area contributed by atoms with Crippen molar-refractivity contribution in [2.45, 2.75) is 46.0 Å². The molecule has 0 heterocycles. The third-order valence-corrected chi connectivity index (χ3v) is 3.28. The molecule has 0 saturated carbocycles. The van der Waals surface area contributed by atoms with Gasteiger partial charge < -0.3 is 5.32 Å². The number of halogens is 1.